The van der Waals surface area contributed by atoms with Gasteiger partial charge in [-0.3, -0.25) is 9.69 Å². The van der Waals surface area contributed by atoms with Crippen LogP contribution >= 0.6 is 0 Å². The van der Waals surface area contributed by atoms with Crippen molar-refractivity contribution in [2.24, 2.45) is 5.92 Å². The first-order valence-corrected chi connectivity index (χ1v) is 9.30. The van der Waals surface area contributed by atoms with E-state index < -0.39 is 0 Å². The molecule has 2 heterocycles. The van der Waals surface area contributed by atoms with Gasteiger partial charge in [-0.05, 0) is 18.4 Å². The van der Waals surface area contributed by atoms with Crippen molar-refractivity contribution in [1.29, 1.82) is 0 Å². The van der Waals surface area contributed by atoms with E-state index in [-0.39, 0.29) is 18.1 Å². The minimum atomic E-state index is 0.260. The lowest BCUT2D eigenvalue weighted by molar-refractivity contribution is -0.138. The molecule has 0 spiro atoms. The lowest BCUT2D eigenvalue weighted by Crippen LogP contribution is -2.53. The number of carbonyl (C=O) groups is 1. The number of carbonyl (C=O) groups excluding carboxylic acids is 1. The molecule has 0 radical (unpaired) electrons. The van der Waals surface area contributed by atoms with Crippen LogP contribution < -0.4 is 0 Å². The molecule has 5 heteroatoms. The maximum absolute atomic E-state index is 12.9. The van der Waals surface area contributed by atoms with Crippen LogP contribution in [0.5, 0.6) is 0 Å². The third kappa shape index (κ3) is 4.40. The van der Waals surface area contributed by atoms with Crippen LogP contribution in [-0.4, -0.2) is 74.9 Å². The molecule has 2 saturated heterocycles. The molecule has 2 aliphatic heterocycles. The van der Waals surface area contributed by atoms with Gasteiger partial charge in [0.1, 0.15) is 0 Å². The summed E-state index contributed by atoms with van der Waals surface area (Å²) in [5.41, 5.74) is 1.23. The van der Waals surface area contributed by atoms with Crippen LogP contribution in [0.3, 0.4) is 0 Å². The van der Waals surface area contributed by atoms with Gasteiger partial charge in [-0.2, -0.15) is 0 Å². The molecule has 0 saturated carbocycles. The highest BCUT2D eigenvalue weighted by molar-refractivity contribution is 5.77. The average molecular weight is 346 g/mol. The van der Waals surface area contributed by atoms with Gasteiger partial charge in [-0.1, -0.05) is 30.3 Å². The van der Waals surface area contributed by atoms with Gasteiger partial charge in [-0.15, -0.1) is 0 Å². The number of ether oxygens (including phenoxy) is 2. The number of fused-ring (bicyclic) bond motifs is 1. The molecule has 25 heavy (non-hydrogen) atoms. The van der Waals surface area contributed by atoms with Crippen molar-refractivity contribution in [2.45, 2.75) is 31.4 Å². The third-order valence-corrected chi connectivity index (χ3v) is 5.65. The highest BCUT2D eigenvalue weighted by Crippen LogP contribution is 2.32. The molecule has 0 bridgehead atoms. The van der Waals surface area contributed by atoms with Gasteiger partial charge in [0.05, 0.1) is 18.8 Å². The molecule has 0 unspecified atom stereocenters. The number of methoxy groups -OCH3 is 2. The van der Waals surface area contributed by atoms with Crippen molar-refractivity contribution in [1.82, 2.24) is 9.80 Å². The van der Waals surface area contributed by atoms with E-state index in [2.05, 4.69) is 21.9 Å². The number of piperidine rings is 1. The predicted molar refractivity (Wildman–Crippen MR) is 97.5 cm³/mol. The van der Waals surface area contributed by atoms with Crippen molar-refractivity contribution >= 4 is 5.91 Å². The van der Waals surface area contributed by atoms with Gasteiger partial charge in [0.15, 0.2) is 0 Å². The summed E-state index contributed by atoms with van der Waals surface area (Å²) in [5, 5.41) is 0. The summed E-state index contributed by atoms with van der Waals surface area (Å²) in [7, 11) is 3.53. The number of benzene rings is 1. The van der Waals surface area contributed by atoms with E-state index in [9.17, 15) is 4.79 Å². The molecule has 3 rings (SSSR count). The third-order valence-electron chi connectivity index (χ3n) is 5.65. The Morgan fingerprint density at radius 2 is 2.00 bits per heavy atom. The van der Waals surface area contributed by atoms with E-state index in [1.165, 1.54) is 5.56 Å². The van der Waals surface area contributed by atoms with E-state index in [1.54, 1.807) is 14.2 Å². The molecule has 3 atom stereocenters. The van der Waals surface area contributed by atoms with Gasteiger partial charge in [0.2, 0.25) is 5.91 Å². The van der Waals surface area contributed by atoms with E-state index in [4.69, 9.17) is 9.47 Å². The zero-order valence-corrected chi connectivity index (χ0v) is 15.4. The summed E-state index contributed by atoms with van der Waals surface area (Å²) in [4.78, 5) is 17.4. The fraction of sp³-hybridized carbons (Fsp3) is 0.650. The molecule has 1 aromatic rings. The van der Waals surface area contributed by atoms with Gasteiger partial charge in [0.25, 0.3) is 0 Å². The van der Waals surface area contributed by atoms with E-state index in [0.717, 1.165) is 45.6 Å². The van der Waals surface area contributed by atoms with Crippen LogP contribution in [-0.2, 0) is 20.7 Å². The van der Waals surface area contributed by atoms with Gasteiger partial charge < -0.3 is 14.4 Å². The number of nitrogens with zero attached hydrogens (tertiary/aromatic N) is 2. The van der Waals surface area contributed by atoms with Crippen molar-refractivity contribution in [3.8, 4) is 0 Å². The van der Waals surface area contributed by atoms with Crippen LogP contribution in [0.15, 0.2) is 30.3 Å². The Labute approximate surface area is 150 Å². The summed E-state index contributed by atoms with van der Waals surface area (Å²) in [5.74, 6) is 0.693. The number of hydrogen-bond acceptors (Lipinski definition) is 4. The topological polar surface area (TPSA) is 42.0 Å². The number of amides is 1. The zero-order valence-electron chi connectivity index (χ0n) is 15.4. The first kappa shape index (κ1) is 18.4. The van der Waals surface area contributed by atoms with E-state index in [0.29, 0.717) is 12.3 Å². The van der Waals surface area contributed by atoms with Crippen LogP contribution in [0.25, 0.3) is 0 Å². The Kier molecular flexibility index (Phi) is 6.45. The second kappa shape index (κ2) is 8.79. The van der Waals surface area contributed by atoms with Gasteiger partial charge >= 0.3 is 0 Å². The SMILES string of the molecule is COCCN1C[C@@H]2[C@@H](OC)CCN(C(=O)CCc3ccccc3)[C@@H]2C1. The molecule has 0 aliphatic carbocycles. The quantitative estimate of drug-likeness (QED) is 0.755. The maximum Gasteiger partial charge on any atom is 0.223 e. The van der Waals surface area contributed by atoms with Crippen LogP contribution in [0, 0.1) is 5.92 Å². The van der Waals surface area contributed by atoms with E-state index >= 15 is 0 Å². The molecule has 2 fully saturated rings. The molecule has 0 aromatic heterocycles. The Morgan fingerprint density at radius 1 is 1.20 bits per heavy atom. The Bertz CT molecular complexity index is 551. The Balaban J connectivity index is 1.61. The molecule has 2 aliphatic rings. The maximum atomic E-state index is 12.9. The van der Waals surface area contributed by atoms with Crippen LogP contribution in [0.1, 0.15) is 18.4 Å². The molecular weight excluding hydrogens is 316 g/mol. The molecule has 1 aromatic carbocycles. The lowest BCUT2D eigenvalue weighted by atomic mass is 9.88. The Hall–Kier alpha value is -1.43. The normalized spacial score (nSPS) is 26.6. The van der Waals surface area contributed by atoms with Crippen molar-refractivity contribution in [3.63, 3.8) is 0 Å². The van der Waals surface area contributed by atoms with Gasteiger partial charge in [0, 0.05) is 52.7 Å². The second-order valence-corrected chi connectivity index (χ2v) is 7.12. The number of likely N-dealkylation sites (tertiary alicyclic amines) is 2. The minimum absolute atomic E-state index is 0.260. The first-order chi connectivity index (χ1) is 12.2. The molecule has 138 valence electrons. The average Bonchev–Trinajstić information content (AvgIpc) is 3.08. The highest BCUT2D eigenvalue weighted by atomic mass is 16.5. The van der Waals surface area contributed by atoms with Gasteiger partial charge in [-0.25, -0.2) is 0 Å². The van der Waals surface area contributed by atoms with Crippen LogP contribution in [0.4, 0.5) is 0 Å². The monoisotopic (exact) mass is 346 g/mol. The molecule has 1 amide bonds. The fourth-order valence-corrected chi connectivity index (χ4v) is 4.28. The number of hydrogen-bond donors (Lipinski definition) is 0. The summed E-state index contributed by atoms with van der Waals surface area (Å²) in [6.07, 6.45) is 2.60. The number of aryl methyl sites for hydroxylation is 1. The fourth-order valence-electron chi connectivity index (χ4n) is 4.28. The first-order valence-electron chi connectivity index (χ1n) is 9.30. The summed E-state index contributed by atoms with van der Waals surface area (Å²) < 4.78 is 10.9. The van der Waals surface area contributed by atoms with Crippen molar-refractivity contribution in [3.05, 3.63) is 35.9 Å². The molecular formula is C20H30N2O3. The smallest absolute Gasteiger partial charge is 0.223 e. The standard InChI is InChI=1S/C20H30N2O3/c1-24-13-12-21-14-17-18(15-21)22(11-10-19(17)25-2)20(23)9-8-16-6-4-3-5-7-16/h3-7,17-19H,8-15H2,1-2H3/t17-,18+,19-/m0/s1. The van der Waals surface area contributed by atoms with Crippen molar-refractivity contribution in [2.75, 3.05) is 47.0 Å². The second-order valence-electron chi connectivity index (χ2n) is 7.12. The minimum Gasteiger partial charge on any atom is -0.383 e. The predicted octanol–water partition coefficient (Wildman–Crippen LogP) is 1.81. The largest absolute Gasteiger partial charge is 0.383 e. The highest BCUT2D eigenvalue weighted by Gasteiger charge is 2.45. The summed E-state index contributed by atoms with van der Waals surface area (Å²) in [6.45, 7) is 4.40. The van der Waals surface area contributed by atoms with E-state index in [1.807, 2.05) is 18.2 Å². The zero-order chi connectivity index (χ0) is 17.6. The molecule has 5 nitrogen and oxygen atoms in total. The lowest BCUT2D eigenvalue weighted by Gasteiger charge is -2.41. The Morgan fingerprint density at radius 3 is 2.72 bits per heavy atom. The number of rotatable bonds is 7. The summed E-state index contributed by atoms with van der Waals surface area (Å²) in [6, 6.07) is 10.5. The summed E-state index contributed by atoms with van der Waals surface area (Å²) >= 11 is 0. The van der Waals surface area contributed by atoms with Crippen LogP contribution in [0.2, 0.25) is 0 Å². The van der Waals surface area contributed by atoms with Crippen molar-refractivity contribution < 1.29 is 14.3 Å². The molecule has 0 N–H and O–H groups in total.